The summed E-state index contributed by atoms with van der Waals surface area (Å²) in [5.74, 6) is -0.321. The number of carbonyl (C=O) groups is 1. The number of thiophene rings is 1. The van der Waals surface area contributed by atoms with Crippen molar-refractivity contribution in [2.24, 2.45) is 0 Å². The van der Waals surface area contributed by atoms with Crippen molar-refractivity contribution in [2.45, 2.75) is 33.3 Å². The molecular weight excluding hydrogens is 454 g/mol. The topological polar surface area (TPSA) is 54.5 Å². The molecule has 178 valence electrons. The molecule has 5 rings (SSSR count). The van der Waals surface area contributed by atoms with Crippen molar-refractivity contribution < 1.29 is 9.53 Å². The van der Waals surface area contributed by atoms with Crippen molar-refractivity contribution in [3.8, 4) is 0 Å². The lowest BCUT2D eigenvalue weighted by molar-refractivity contribution is 0.0249. The monoisotopic (exact) mass is 483 g/mol. The SMILES string of the molecule is CCN(CC)c1ccc(C2(c3c(C)sc(Nc4ccccc4)c3C)OC(=O)c3ccncc32)cc1. The number of hydrogen-bond donors (Lipinski definition) is 1. The van der Waals surface area contributed by atoms with Gasteiger partial charge in [0.05, 0.1) is 10.6 Å². The van der Waals surface area contributed by atoms with Crippen LogP contribution in [0.15, 0.2) is 73.1 Å². The Labute approximate surface area is 210 Å². The van der Waals surface area contributed by atoms with Crippen LogP contribution >= 0.6 is 11.3 Å². The first kappa shape index (κ1) is 23.1. The molecule has 0 fully saturated rings. The number of nitrogens with one attached hydrogen (secondary N) is 1. The first-order valence-corrected chi connectivity index (χ1v) is 12.8. The Morgan fingerprint density at radius 3 is 2.40 bits per heavy atom. The summed E-state index contributed by atoms with van der Waals surface area (Å²) in [7, 11) is 0. The fraction of sp³-hybridized carbons (Fsp3) is 0.241. The summed E-state index contributed by atoms with van der Waals surface area (Å²) in [4.78, 5) is 20.9. The van der Waals surface area contributed by atoms with Gasteiger partial charge >= 0.3 is 5.97 Å². The summed E-state index contributed by atoms with van der Waals surface area (Å²) >= 11 is 1.68. The third kappa shape index (κ3) is 3.78. The van der Waals surface area contributed by atoms with Crippen molar-refractivity contribution in [3.05, 3.63) is 106 Å². The fourth-order valence-electron chi connectivity index (χ4n) is 5.08. The van der Waals surface area contributed by atoms with Crippen molar-refractivity contribution in [2.75, 3.05) is 23.3 Å². The number of carbonyl (C=O) groups excluding carboxylic acids is 1. The standard InChI is InChI=1S/C29H29N3O2S/c1-5-32(6-2)23-14-12-21(13-15-23)29(25-18-30-17-16-24(25)28(33)34-29)26-19(3)27(35-20(26)4)31-22-10-8-7-9-11-22/h7-18,31H,5-6H2,1-4H3. The minimum Gasteiger partial charge on any atom is -0.440 e. The van der Waals surface area contributed by atoms with Crippen molar-refractivity contribution >= 4 is 33.7 Å². The molecule has 5 nitrogen and oxygen atoms in total. The molecule has 0 spiro atoms. The quantitative estimate of drug-likeness (QED) is 0.293. The van der Waals surface area contributed by atoms with Gasteiger partial charge in [0.25, 0.3) is 0 Å². The van der Waals surface area contributed by atoms with Crippen molar-refractivity contribution in [1.29, 1.82) is 0 Å². The van der Waals surface area contributed by atoms with Gasteiger partial charge in [0, 0.05) is 58.4 Å². The molecule has 0 bridgehead atoms. The second kappa shape index (κ2) is 9.19. The molecule has 35 heavy (non-hydrogen) atoms. The minimum atomic E-state index is -1.05. The molecule has 1 unspecified atom stereocenters. The molecule has 0 aliphatic carbocycles. The number of benzene rings is 2. The Balaban J connectivity index is 1.70. The number of nitrogens with zero attached hydrogens (tertiary/aromatic N) is 2. The summed E-state index contributed by atoms with van der Waals surface area (Å²) in [5, 5.41) is 4.59. The molecule has 1 aliphatic heterocycles. The Hall–Kier alpha value is -3.64. The van der Waals surface area contributed by atoms with Crippen LogP contribution in [0, 0.1) is 13.8 Å². The Morgan fingerprint density at radius 1 is 1.00 bits per heavy atom. The highest BCUT2D eigenvalue weighted by molar-refractivity contribution is 7.16. The molecule has 6 heteroatoms. The maximum Gasteiger partial charge on any atom is 0.340 e. The molecule has 0 saturated heterocycles. The second-order valence-corrected chi connectivity index (χ2v) is 9.91. The van der Waals surface area contributed by atoms with Crippen molar-refractivity contribution in [1.82, 2.24) is 4.98 Å². The number of rotatable bonds is 7. The van der Waals surface area contributed by atoms with Gasteiger partial charge in [0.1, 0.15) is 0 Å². The molecule has 3 heterocycles. The highest BCUT2D eigenvalue weighted by atomic mass is 32.1. The normalized spacial score (nSPS) is 16.6. The Morgan fingerprint density at radius 2 is 1.71 bits per heavy atom. The van der Waals surface area contributed by atoms with E-state index in [4.69, 9.17) is 4.74 Å². The van der Waals surface area contributed by atoms with Crippen LogP contribution in [0.3, 0.4) is 0 Å². The number of anilines is 3. The average Bonchev–Trinajstić information content (AvgIpc) is 3.34. The van der Waals surface area contributed by atoms with E-state index in [1.54, 1.807) is 29.8 Å². The van der Waals surface area contributed by atoms with E-state index in [1.165, 1.54) is 0 Å². The first-order valence-electron chi connectivity index (χ1n) is 12.0. The summed E-state index contributed by atoms with van der Waals surface area (Å²) in [6.07, 6.45) is 3.43. The molecule has 1 atom stereocenters. The number of pyridine rings is 1. The van der Waals surface area contributed by atoms with Crippen LogP contribution in [-0.4, -0.2) is 24.0 Å². The second-order valence-electron chi connectivity index (χ2n) is 8.69. The lowest BCUT2D eigenvalue weighted by Crippen LogP contribution is -2.31. The summed E-state index contributed by atoms with van der Waals surface area (Å²) < 4.78 is 6.36. The first-order chi connectivity index (χ1) is 17.0. The highest BCUT2D eigenvalue weighted by Crippen LogP contribution is 2.52. The molecular formula is C29H29N3O2S. The molecule has 1 N–H and O–H groups in total. The molecule has 1 aliphatic rings. The lowest BCUT2D eigenvalue weighted by Gasteiger charge is -2.31. The van der Waals surface area contributed by atoms with Gasteiger partial charge in [-0.05, 0) is 63.6 Å². The lowest BCUT2D eigenvalue weighted by atomic mass is 9.79. The van der Waals surface area contributed by atoms with Gasteiger partial charge in [-0.1, -0.05) is 30.3 Å². The van der Waals surface area contributed by atoms with E-state index >= 15 is 0 Å². The smallest absolute Gasteiger partial charge is 0.340 e. The summed E-state index contributed by atoms with van der Waals surface area (Å²) in [5.41, 5.74) is 5.45. The number of aromatic nitrogens is 1. The third-order valence-corrected chi connectivity index (χ3v) is 7.90. The minimum absolute atomic E-state index is 0.321. The van der Waals surface area contributed by atoms with Gasteiger partial charge in [0.2, 0.25) is 0 Å². The molecule has 2 aromatic heterocycles. The van der Waals surface area contributed by atoms with Gasteiger partial charge in [-0.15, -0.1) is 11.3 Å². The van der Waals surface area contributed by atoms with Gasteiger partial charge in [0.15, 0.2) is 5.60 Å². The largest absolute Gasteiger partial charge is 0.440 e. The maximum atomic E-state index is 13.1. The predicted octanol–water partition coefficient (Wildman–Crippen LogP) is 6.81. The fourth-order valence-corrected chi connectivity index (χ4v) is 6.21. The van der Waals surface area contributed by atoms with Crippen LogP contribution in [-0.2, 0) is 10.3 Å². The zero-order chi connectivity index (χ0) is 24.6. The van der Waals surface area contributed by atoms with Gasteiger partial charge in [-0.3, -0.25) is 4.98 Å². The van der Waals surface area contributed by atoms with E-state index in [2.05, 4.69) is 67.2 Å². The number of para-hydroxylation sites is 1. The van der Waals surface area contributed by atoms with E-state index < -0.39 is 5.60 Å². The number of esters is 1. The van der Waals surface area contributed by atoms with Crippen LogP contribution in [0.2, 0.25) is 0 Å². The number of hydrogen-bond acceptors (Lipinski definition) is 6. The predicted molar refractivity (Wildman–Crippen MR) is 143 cm³/mol. The zero-order valence-corrected chi connectivity index (χ0v) is 21.3. The van der Waals surface area contributed by atoms with Crippen LogP contribution in [0.5, 0.6) is 0 Å². The van der Waals surface area contributed by atoms with Gasteiger partial charge in [-0.2, -0.15) is 0 Å². The average molecular weight is 484 g/mol. The third-order valence-electron chi connectivity index (χ3n) is 6.78. The van der Waals surface area contributed by atoms with Gasteiger partial charge < -0.3 is 15.0 Å². The molecule has 0 amide bonds. The van der Waals surface area contributed by atoms with Crippen LogP contribution < -0.4 is 10.2 Å². The van der Waals surface area contributed by atoms with E-state index in [-0.39, 0.29) is 5.97 Å². The molecule has 2 aromatic carbocycles. The number of aryl methyl sites for hydroxylation is 1. The maximum absolute atomic E-state index is 13.1. The van der Waals surface area contributed by atoms with Gasteiger partial charge in [-0.25, -0.2) is 4.79 Å². The number of fused-ring (bicyclic) bond motifs is 1. The summed E-state index contributed by atoms with van der Waals surface area (Å²) in [6.45, 7) is 10.4. The molecule has 0 saturated carbocycles. The number of cyclic esters (lactones) is 1. The summed E-state index contributed by atoms with van der Waals surface area (Å²) in [6, 6.07) is 20.3. The van der Waals surface area contributed by atoms with Crippen LogP contribution in [0.4, 0.5) is 16.4 Å². The molecule has 0 radical (unpaired) electrons. The van der Waals surface area contributed by atoms with E-state index in [0.717, 1.165) is 56.6 Å². The van der Waals surface area contributed by atoms with Crippen LogP contribution in [0.1, 0.15) is 51.3 Å². The zero-order valence-electron chi connectivity index (χ0n) is 20.5. The van der Waals surface area contributed by atoms with E-state index in [0.29, 0.717) is 5.56 Å². The van der Waals surface area contributed by atoms with E-state index in [9.17, 15) is 4.79 Å². The Bertz CT molecular complexity index is 1360. The Kier molecular flexibility index (Phi) is 6.07. The molecule has 4 aromatic rings. The van der Waals surface area contributed by atoms with Crippen molar-refractivity contribution in [3.63, 3.8) is 0 Å². The highest BCUT2D eigenvalue weighted by Gasteiger charge is 2.51. The number of ether oxygens (including phenoxy) is 1. The van der Waals surface area contributed by atoms with Crippen LogP contribution in [0.25, 0.3) is 0 Å². The van der Waals surface area contributed by atoms with E-state index in [1.807, 2.05) is 30.3 Å².